The summed E-state index contributed by atoms with van der Waals surface area (Å²) in [5.74, 6) is -0.808. The fourth-order valence-corrected chi connectivity index (χ4v) is 2.16. The van der Waals surface area contributed by atoms with Crippen LogP contribution in [0.5, 0.6) is 0 Å². The van der Waals surface area contributed by atoms with Gasteiger partial charge in [0.05, 0.1) is 6.42 Å². The topological polar surface area (TPSA) is 89.3 Å². The van der Waals surface area contributed by atoms with Crippen molar-refractivity contribution in [3.8, 4) is 11.1 Å². The van der Waals surface area contributed by atoms with Crippen molar-refractivity contribution in [3.63, 3.8) is 0 Å². The zero-order valence-corrected chi connectivity index (χ0v) is 12.7. The van der Waals surface area contributed by atoms with Gasteiger partial charge in [-0.3, -0.25) is 24.5 Å². The first-order valence-corrected chi connectivity index (χ1v) is 7.11. The van der Waals surface area contributed by atoms with E-state index in [-0.39, 0.29) is 12.3 Å². The minimum atomic E-state index is -0.712. The number of rotatable bonds is 6. The molecule has 2 rings (SSSR count). The van der Waals surface area contributed by atoms with Crippen LogP contribution >= 0.6 is 11.8 Å². The molecule has 0 saturated carbocycles. The van der Waals surface area contributed by atoms with E-state index in [9.17, 15) is 19.7 Å². The Hall–Kier alpha value is -2.73. The molecule has 1 N–H and O–H groups in total. The molecule has 23 heavy (non-hydrogen) atoms. The van der Waals surface area contributed by atoms with Crippen molar-refractivity contribution in [2.75, 3.05) is 6.54 Å². The Balaban J connectivity index is 2.11. The normalized spacial score (nSPS) is 10.1. The third-order valence-electron chi connectivity index (χ3n) is 3.24. The number of carbonyl (C=O) groups excluding carboxylic acids is 2. The van der Waals surface area contributed by atoms with Crippen LogP contribution in [0.25, 0.3) is 11.1 Å². The highest BCUT2D eigenvalue weighted by Crippen LogP contribution is 2.21. The van der Waals surface area contributed by atoms with Crippen LogP contribution in [0.2, 0.25) is 0 Å². The molecule has 0 saturated heterocycles. The van der Waals surface area contributed by atoms with Gasteiger partial charge in [-0.25, -0.2) is 0 Å². The highest BCUT2D eigenvalue weighted by molar-refractivity contribution is 6.21. The minimum absolute atomic E-state index is 0.193. The first-order valence-electron chi connectivity index (χ1n) is 6.73. The van der Waals surface area contributed by atoms with Crippen LogP contribution in [0, 0.1) is 10.1 Å². The summed E-state index contributed by atoms with van der Waals surface area (Å²) in [5.41, 5.74) is 2.91. The van der Waals surface area contributed by atoms with Gasteiger partial charge in [-0.2, -0.15) is 0 Å². The van der Waals surface area contributed by atoms with Crippen molar-refractivity contribution in [1.82, 2.24) is 4.84 Å². The summed E-state index contributed by atoms with van der Waals surface area (Å²) in [6.45, 7) is -0.712. The maximum absolute atomic E-state index is 11.6. The molecule has 0 aliphatic heterocycles. The Morgan fingerprint density at radius 2 is 1.52 bits per heavy atom. The van der Waals surface area contributed by atoms with Crippen molar-refractivity contribution in [2.24, 2.45) is 0 Å². The van der Waals surface area contributed by atoms with E-state index in [1.54, 1.807) is 24.3 Å². The Morgan fingerprint density at radius 3 is 2.00 bits per heavy atom. The summed E-state index contributed by atoms with van der Waals surface area (Å²) >= 11 is 5.23. The van der Waals surface area contributed by atoms with Gasteiger partial charge in [0.2, 0.25) is 11.7 Å². The molecule has 0 radical (unpaired) electrons. The van der Waals surface area contributed by atoms with Crippen LogP contribution in [-0.4, -0.2) is 23.2 Å². The predicted molar refractivity (Wildman–Crippen MR) is 85.8 cm³/mol. The molecule has 0 unspecified atom stereocenters. The minimum Gasteiger partial charge on any atom is -0.287 e. The Labute approximate surface area is 137 Å². The highest BCUT2D eigenvalue weighted by atomic mass is 35.5. The fraction of sp³-hybridized carbons (Fsp3) is 0.125. The first kappa shape index (κ1) is 16.6. The van der Waals surface area contributed by atoms with Crippen LogP contribution in [0.3, 0.4) is 0 Å². The largest absolute Gasteiger partial charge is 0.287 e. The summed E-state index contributed by atoms with van der Waals surface area (Å²) in [6.07, 6.45) is 0.193. The molecule has 0 bridgehead atoms. The number of nitrogens with zero attached hydrogens (tertiary/aromatic N) is 1. The third kappa shape index (κ3) is 4.62. The second-order valence-corrected chi connectivity index (χ2v) is 5.07. The van der Waals surface area contributed by atoms with Gasteiger partial charge >= 0.3 is 0 Å². The second kappa shape index (κ2) is 7.51. The monoisotopic (exact) mass is 332 g/mol. The van der Waals surface area contributed by atoms with Gasteiger partial charge < -0.3 is 0 Å². The number of benzene rings is 2. The zero-order valence-electron chi connectivity index (χ0n) is 12.0. The predicted octanol–water partition coefficient (Wildman–Crippen LogP) is 2.63. The van der Waals surface area contributed by atoms with Gasteiger partial charge in [0.1, 0.15) is 0 Å². The number of nitrogens with one attached hydrogen (secondary N) is 1. The lowest BCUT2D eigenvalue weighted by molar-refractivity contribution is -0.465. The summed E-state index contributed by atoms with van der Waals surface area (Å²) < 4.78 is 0. The van der Waals surface area contributed by atoms with Crippen molar-refractivity contribution in [1.29, 1.82) is 0 Å². The number of Topliss-reactive ketones (excluding diaryl/α,β-unsaturated/α-hetero) is 1. The van der Waals surface area contributed by atoms with E-state index in [1.807, 2.05) is 29.1 Å². The molecule has 7 heteroatoms. The molecule has 0 heterocycles. The number of ketones is 1. The fourth-order valence-electron chi connectivity index (χ4n) is 2.09. The molecule has 0 aromatic heterocycles. The van der Waals surface area contributed by atoms with E-state index < -0.39 is 17.3 Å². The Morgan fingerprint density at radius 1 is 1.00 bits per heavy atom. The third-order valence-corrected chi connectivity index (χ3v) is 3.45. The summed E-state index contributed by atoms with van der Waals surface area (Å²) in [5, 5.41) is 10.3. The molecule has 0 spiro atoms. The number of halogens is 1. The summed E-state index contributed by atoms with van der Waals surface area (Å²) in [7, 11) is 0. The number of amides is 1. The van der Waals surface area contributed by atoms with Crippen LogP contribution in [-0.2, 0) is 11.2 Å². The quantitative estimate of drug-likeness (QED) is 0.381. The van der Waals surface area contributed by atoms with Crippen molar-refractivity contribution >= 4 is 23.5 Å². The molecule has 6 nitrogen and oxygen atoms in total. The van der Waals surface area contributed by atoms with Crippen molar-refractivity contribution in [3.05, 3.63) is 69.8 Å². The number of carbonyl (C=O) groups is 2. The maximum atomic E-state index is 11.6. The molecular formula is C16H13ClN2O4. The van der Waals surface area contributed by atoms with Gasteiger partial charge in [0, 0.05) is 22.3 Å². The second-order valence-electron chi connectivity index (χ2n) is 4.88. The van der Waals surface area contributed by atoms with Gasteiger partial charge in [-0.05, 0) is 16.7 Å². The molecule has 2 aromatic carbocycles. The Kier molecular flexibility index (Phi) is 5.43. The number of nitro groups is 1. The van der Waals surface area contributed by atoms with Gasteiger partial charge in [-0.15, -0.1) is 0 Å². The van der Waals surface area contributed by atoms with Crippen LogP contribution in [0.4, 0.5) is 0 Å². The molecule has 0 fully saturated rings. The zero-order chi connectivity index (χ0) is 16.8. The lowest BCUT2D eigenvalue weighted by Crippen LogP contribution is -2.14. The molecule has 118 valence electrons. The summed E-state index contributed by atoms with van der Waals surface area (Å²) in [6, 6.07) is 13.9. The van der Waals surface area contributed by atoms with Crippen LogP contribution in [0.1, 0.15) is 15.9 Å². The van der Waals surface area contributed by atoms with Crippen molar-refractivity contribution < 1.29 is 14.5 Å². The lowest BCUT2D eigenvalue weighted by Gasteiger charge is -2.05. The standard InChI is InChI=1S/C16H13ClN2O4/c17-18-16(21)9-11-1-3-12(4-2-11)13-5-7-14(8-6-13)15(20)10-19(22)23/h1-8H,9-10H2,(H,18,21). The van der Waals surface area contributed by atoms with Crippen LogP contribution in [0.15, 0.2) is 48.5 Å². The van der Waals surface area contributed by atoms with Crippen molar-refractivity contribution in [2.45, 2.75) is 6.42 Å². The number of hydrogen-bond acceptors (Lipinski definition) is 4. The van der Waals surface area contributed by atoms with E-state index in [0.29, 0.717) is 5.56 Å². The average Bonchev–Trinajstić information content (AvgIpc) is 2.55. The first-order chi connectivity index (χ1) is 11.0. The van der Waals surface area contributed by atoms with E-state index in [0.717, 1.165) is 16.7 Å². The maximum Gasteiger partial charge on any atom is 0.265 e. The van der Waals surface area contributed by atoms with E-state index in [1.165, 1.54) is 0 Å². The highest BCUT2D eigenvalue weighted by Gasteiger charge is 2.12. The smallest absolute Gasteiger partial charge is 0.265 e. The molecule has 0 aliphatic rings. The molecule has 0 aliphatic carbocycles. The van der Waals surface area contributed by atoms with Crippen LogP contribution < -0.4 is 4.84 Å². The number of hydrogen-bond donors (Lipinski definition) is 1. The molecule has 1 amide bonds. The molecular weight excluding hydrogens is 320 g/mol. The molecule has 2 aromatic rings. The van der Waals surface area contributed by atoms with E-state index in [2.05, 4.69) is 0 Å². The lowest BCUT2D eigenvalue weighted by atomic mass is 10.0. The van der Waals surface area contributed by atoms with Gasteiger partial charge in [-0.1, -0.05) is 48.5 Å². The molecule has 0 atom stereocenters. The summed E-state index contributed by atoms with van der Waals surface area (Å²) in [4.78, 5) is 34.5. The SMILES string of the molecule is O=C(Cc1ccc(-c2ccc(C(=O)C[N+](=O)[O-])cc2)cc1)NCl. The average molecular weight is 333 g/mol. The van der Waals surface area contributed by atoms with E-state index >= 15 is 0 Å². The van der Waals surface area contributed by atoms with Gasteiger partial charge in [0.25, 0.3) is 6.54 Å². The van der Waals surface area contributed by atoms with Gasteiger partial charge in [0.15, 0.2) is 0 Å². The Bertz CT molecular complexity index is 727. The van der Waals surface area contributed by atoms with E-state index in [4.69, 9.17) is 11.8 Å².